The first-order valence-corrected chi connectivity index (χ1v) is 3.51. The Labute approximate surface area is 91.1 Å². The van der Waals surface area contributed by atoms with Gasteiger partial charge in [-0.05, 0) is 15.9 Å². The van der Waals surface area contributed by atoms with Crippen LogP contribution in [0.2, 0.25) is 0 Å². The standard InChI is InChI=1S/C3HBrN2O2S.Na/c4-3-6-5-1(9-3)2(7)8;/h(H,7,8);/q;+1/p-1. The van der Waals surface area contributed by atoms with E-state index >= 15 is 0 Å². The van der Waals surface area contributed by atoms with E-state index in [0.29, 0.717) is 3.92 Å². The molecule has 0 atom stereocenters. The molecule has 0 saturated carbocycles. The third kappa shape index (κ3) is 2.63. The van der Waals surface area contributed by atoms with Crippen molar-refractivity contribution in [3.63, 3.8) is 0 Å². The fourth-order valence-electron chi connectivity index (χ4n) is 0.288. The molecule has 1 aromatic rings. The van der Waals surface area contributed by atoms with E-state index in [2.05, 4.69) is 26.1 Å². The molecule has 0 aromatic carbocycles. The van der Waals surface area contributed by atoms with Crippen molar-refractivity contribution in [2.45, 2.75) is 0 Å². The number of hydrogen-bond acceptors (Lipinski definition) is 5. The molecule has 0 N–H and O–H groups in total. The van der Waals surface area contributed by atoms with Crippen molar-refractivity contribution in [1.82, 2.24) is 10.2 Å². The molecular weight excluding hydrogens is 231 g/mol. The zero-order chi connectivity index (χ0) is 6.85. The molecule has 48 valence electrons. The van der Waals surface area contributed by atoms with Gasteiger partial charge in [0.15, 0.2) is 8.92 Å². The van der Waals surface area contributed by atoms with Crippen molar-refractivity contribution in [3.8, 4) is 0 Å². The maximum absolute atomic E-state index is 9.99. The molecule has 1 heterocycles. The Morgan fingerprint density at radius 1 is 1.60 bits per heavy atom. The molecular formula is C3BrN2NaO2S. The van der Waals surface area contributed by atoms with Gasteiger partial charge in [-0.2, -0.15) is 0 Å². The summed E-state index contributed by atoms with van der Waals surface area (Å²) in [6.45, 7) is 0. The molecule has 10 heavy (non-hydrogen) atoms. The fourth-order valence-corrected chi connectivity index (χ4v) is 1.23. The zero-order valence-corrected chi connectivity index (χ0v) is 9.40. The van der Waals surface area contributed by atoms with Crippen LogP contribution in [0.5, 0.6) is 0 Å². The number of carboxylic acid groups (broad SMARTS) is 1. The van der Waals surface area contributed by atoms with Gasteiger partial charge in [0.05, 0.1) is 0 Å². The largest absolute Gasteiger partial charge is 1.00 e. The minimum atomic E-state index is -1.29. The minimum absolute atomic E-state index is 0. The van der Waals surface area contributed by atoms with Crippen LogP contribution in [0.15, 0.2) is 3.92 Å². The molecule has 0 radical (unpaired) electrons. The monoisotopic (exact) mass is 230 g/mol. The van der Waals surface area contributed by atoms with Crippen LogP contribution in [-0.2, 0) is 0 Å². The number of nitrogens with zero attached hydrogens (tertiary/aromatic N) is 2. The summed E-state index contributed by atoms with van der Waals surface area (Å²) in [6, 6.07) is 0. The van der Waals surface area contributed by atoms with Crippen LogP contribution >= 0.6 is 27.3 Å². The van der Waals surface area contributed by atoms with Crippen LogP contribution < -0.4 is 34.7 Å². The van der Waals surface area contributed by atoms with Crippen LogP contribution in [0.3, 0.4) is 0 Å². The zero-order valence-electron chi connectivity index (χ0n) is 5.00. The molecule has 0 bridgehead atoms. The molecule has 0 aliphatic heterocycles. The predicted molar refractivity (Wildman–Crippen MR) is 31.9 cm³/mol. The van der Waals surface area contributed by atoms with Crippen molar-refractivity contribution in [1.29, 1.82) is 0 Å². The summed E-state index contributed by atoms with van der Waals surface area (Å²) in [5.41, 5.74) is 0. The molecule has 1 aromatic heterocycles. The van der Waals surface area contributed by atoms with Crippen molar-refractivity contribution < 1.29 is 39.5 Å². The van der Waals surface area contributed by atoms with Gasteiger partial charge < -0.3 is 9.90 Å². The van der Waals surface area contributed by atoms with Crippen molar-refractivity contribution in [2.24, 2.45) is 0 Å². The number of carbonyl (C=O) groups is 1. The molecule has 1 rings (SSSR count). The first kappa shape index (κ1) is 10.5. The van der Waals surface area contributed by atoms with Crippen LogP contribution in [0, 0.1) is 0 Å². The summed E-state index contributed by atoms with van der Waals surface area (Å²) < 4.78 is 0.446. The van der Waals surface area contributed by atoms with Gasteiger partial charge in [-0.15, -0.1) is 10.2 Å². The summed E-state index contributed by atoms with van der Waals surface area (Å²) in [5, 5.41) is 16.6. The Morgan fingerprint density at radius 3 is 2.40 bits per heavy atom. The average molecular weight is 231 g/mol. The number of carboxylic acids is 1. The fraction of sp³-hybridized carbons (Fsp3) is 0. The van der Waals surface area contributed by atoms with E-state index in [1.165, 1.54) is 0 Å². The SMILES string of the molecule is O=C([O-])c1nnc(Br)s1.[Na+]. The normalized spacial score (nSPS) is 8.50. The Kier molecular flexibility index (Phi) is 4.63. The van der Waals surface area contributed by atoms with Gasteiger partial charge in [0.25, 0.3) is 0 Å². The summed E-state index contributed by atoms with van der Waals surface area (Å²) in [7, 11) is 0. The van der Waals surface area contributed by atoms with Gasteiger partial charge in [0.1, 0.15) is 5.97 Å². The smallest absolute Gasteiger partial charge is 0.542 e. The molecule has 0 spiro atoms. The quantitative estimate of drug-likeness (QED) is 0.474. The Morgan fingerprint density at radius 2 is 2.20 bits per heavy atom. The van der Waals surface area contributed by atoms with E-state index in [4.69, 9.17) is 0 Å². The molecule has 7 heteroatoms. The summed E-state index contributed by atoms with van der Waals surface area (Å²) in [4.78, 5) is 9.99. The average Bonchev–Trinajstić information content (AvgIpc) is 2.14. The Bertz CT molecular complexity index is 240. The molecule has 0 amide bonds. The topological polar surface area (TPSA) is 65.9 Å². The predicted octanol–water partition coefficient (Wildman–Crippen LogP) is -3.33. The van der Waals surface area contributed by atoms with E-state index in [1.807, 2.05) is 0 Å². The van der Waals surface area contributed by atoms with Gasteiger partial charge >= 0.3 is 29.6 Å². The van der Waals surface area contributed by atoms with E-state index in [1.54, 1.807) is 0 Å². The second-order valence-electron chi connectivity index (χ2n) is 1.15. The third-order valence-corrected chi connectivity index (χ3v) is 1.91. The van der Waals surface area contributed by atoms with Crippen molar-refractivity contribution >= 4 is 33.2 Å². The minimum Gasteiger partial charge on any atom is -0.542 e. The van der Waals surface area contributed by atoms with E-state index < -0.39 is 5.97 Å². The van der Waals surface area contributed by atoms with Crippen molar-refractivity contribution in [2.75, 3.05) is 0 Å². The maximum Gasteiger partial charge on any atom is 1.00 e. The number of carbonyl (C=O) groups excluding carboxylic acids is 1. The summed E-state index contributed by atoms with van der Waals surface area (Å²) >= 11 is 3.88. The number of rotatable bonds is 1. The summed E-state index contributed by atoms with van der Waals surface area (Å²) in [6.07, 6.45) is 0. The van der Waals surface area contributed by atoms with E-state index in [0.717, 1.165) is 11.3 Å². The van der Waals surface area contributed by atoms with Crippen LogP contribution in [0.4, 0.5) is 0 Å². The molecule has 0 saturated heterocycles. The number of halogens is 1. The van der Waals surface area contributed by atoms with E-state index in [-0.39, 0.29) is 34.6 Å². The third-order valence-electron chi connectivity index (χ3n) is 0.575. The second kappa shape index (κ2) is 4.40. The van der Waals surface area contributed by atoms with Crippen LogP contribution in [0.25, 0.3) is 0 Å². The molecule has 0 aliphatic rings. The molecule has 0 unspecified atom stereocenters. The van der Waals surface area contributed by atoms with Crippen LogP contribution in [0.1, 0.15) is 9.80 Å². The maximum atomic E-state index is 9.99. The number of aromatic nitrogens is 2. The van der Waals surface area contributed by atoms with Gasteiger partial charge in [-0.3, -0.25) is 0 Å². The Hall–Kier alpha value is 0.510. The van der Waals surface area contributed by atoms with Gasteiger partial charge in [0.2, 0.25) is 0 Å². The van der Waals surface area contributed by atoms with Gasteiger partial charge in [-0.25, -0.2) is 0 Å². The van der Waals surface area contributed by atoms with E-state index in [9.17, 15) is 9.90 Å². The van der Waals surface area contributed by atoms with Gasteiger partial charge in [-0.1, -0.05) is 11.3 Å². The molecule has 0 fully saturated rings. The first-order valence-electron chi connectivity index (χ1n) is 1.90. The van der Waals surface area contributed by atoms with Crippen molar-refractivity contribution in [3.05, 3.63) is 8.92 Å². The first-order chi connectivity index (χ1) is 4.20. The molecule has 0 aliphatic carbocycles. The van der Waals surface area contributed by atoms with Crippen LogP contribution in [-0.4, -0.2) is 16.2 Å². The van der Waals surface area contributed by atoms with Gasteiger partial charge in [0, 0.05) is 0 Å². The molecule has 4 nitrogen and oxygen atoms in total. The Balaban J connectivity index is 0.000000810. The number of aromatic carboxylic acids is 1. The second-order valence-corrected chi connectivity index (χ2v) is 3.40. The summed E-state index contributed by atoms with van der Waals surface area (Å²) in [5.74, 6) is -1.29. The number of hydrogen-bond donors (Lipinski definition) is 0.